The van der Waals surface area contributed by atoms with Crippen molar-refractivity contribution in [1.82, 2.24) is 15.0 Å². The fourth-order valence-corrected chi connectivity index (χ4v) is 3.26. The van der Waals surface area contributed by atoms with E-state index in [0.717, 1.165) is 31.5 Å². The average Bonchev–Trinajstić information content (AvgIpc) is 3.15. The minimum atomic E-state index is -0.283. The Morgan fingerprint density at radius 3 is 2.54 bits per heavy atom. The van der Waals surface area contributed by atoms with E-state index in [2.05, 4.69) is 27.5 Å². The maximum Gasteiger partial charge on any atom is 0.298 e. The molecule has 1 aromatic carbocycles. The van der Waals surface area contributed by atoms with Crippen molar-refractivity contribution >= 4 is 18.6 Å². The lowest BCUT2D eigenvalue weighted by Crippen LogP contribution is -2.29. The molecule has 0 bridgehead atoms. The molecule has 0 unspecified atom stereocenters. The minimum Gasteiger partial charge on any atom is -0.421 e. The standard InChI is InChI=1S/C19H19FN4OS/c20-14-6-4-13(5-7-14)17-18(15-8-9-21-16(12-26)22-15)25-19(23-17)24-10-2-1-3-11-24/h4-9,26H,1-3,10-12H2. The van der Waals surface area contributed by atoms with Crippen LogP contribution in [0.4, 0.5) is 10.4 Å². The largest absolute Gasteiger partial charge is 0.421 e. The van der Waals surface area contributed by atoms with E-state index in [1.807, 2.05) is 0 Å². The number of anilines is 1. The molecule has 134 valence electrons. The van der Waals surface area contributed by atoms with Crippen molar-refractivity contribution in [1.29, 1.82) is 0 Å². The molecule has 2 aromatic heterocycles. The van der Waals surface area contributed by atoms with E-state index in [4.69, 9.17) is 9.40 Å². The van der Waals surface area contributed by atoms with E-state index < -0.39 is 0 Å². The number of piperidine rings is 1. The highest BCUT2D eigenvalue weighted by Crippen LogP contribution is 2.35. The Balaban J connectivity index is 1.81. The number of aromatic nitrogens is 3. The van der Waals surface area contributed by atoms with Crippen LogP contribution in [0.5, 0.6) is 0 Å². The predicted molar refractivity (Wildman–Crippen MR) is 102 cm³/mol. The van der Waals surface area contributed by atoms with Crippen LogP contribution in [0, 0.1) is 5.82 Å². The molecule has 0 aliphatic carbocycles. The highest BCUT2D eigenvalue weighted by atomic mass is 32.1. The fraction of sp³-hybridized carbons (Fsp3) is 0.316. The minimum absolute atomic E-state index is 0.283. The molecule has 1 aliphatic heterocycles. The second-order valence-corrected chi connectivity index (χ2v) is 6.56. The van der Waals surface area contributed by atoms with Crippen molar-refractivity contribution in [3.63, 3.8) is 0 Å². The predicted octanol–water partition coefficient (Wildman–Crippen LogP) is 4.36. The van der Waals surface area contributed by atoms with Gasteiger partial charge >= 0.3 is 0 Å². The molecule has 1 fully saturated rings. The van der Waals surface area contributed by atoms with Crippen LogP contribution >= 0.6 is 12.6 Å². The molecular formula is C19H19FN4OS. The second-order valence-electron chi connectivity index (χ2n) is 6.24. The van der Waals surface area contributed by atoms with E-state index in [9.17, 15) is 4.39 Å². The highest BCUT2D eigenvalue weighted by Gasteiger charge is 2.23. The number of thiol groups is 1. The van der Waals surface area contributed by atoms with E-state index in [1.54, 1.807) is 24.4 Å². The zero-order chi connectivity index (χ0) is 17.9. The summed E-state index contributed by atoms with van der Waals surface area (Å²) < 4.78 is 19.5. The van der Waals surface area contributed by atoms with Crippen LogP contribution in [0.2, 0.25) is 0 Å². The number of hydrogen-bond acceptors (Lipinski definition) is 6. The lowest BCUT2D eigenvalue weighted by Gasteiger charge is -2.24. The van der Waals surface area contributed by atoms with Gasteiger partial charge in [-0.05, 0) is 49.6 Å². The summed E-state index contributed by atoms with van der Waals surface area (Å²) in [6, 6.07) is 8.64. The molecule has 0 saturated carbocycles. The van der Waals surface area contributed by atoms with Crippen molar-refractivity contribution in [2.75, 3.05) is 18.0 Å². The van der Waals surface area contributed by atoms with Crippen molar-refractivity contribution in [3.05, 3.63) is 48.2 Å². The first kappa shape index (κ1) is 17.0. The summed E-state index contributed by atoms with van der Waals surface area (Å²) in [6.45, 7) is 1.85. The quantitative estimate of drug-likeness (QED) is 0.692. The van der Waals surface area contributed by atoms with Gasteiger partial charge in [-0.15, -0.1) is 0 Å². The monoisotopic (exact) mass is 370 g/mol. The smallest absolute Gasteiger partial charge is 0.298 e. The Hall–Kier alpha value is -2.41. The summed E-state index contributed by atoms with van der Waals surface area (Å²) in [6.07, 6.45) is 5.17. The van der Waals surface area contributed by atoms with Gasteiger partial charge in [-0.1, -0.05) is 0 Å². The molecule has 3 aromatic rings. The van der Waals surface area contributed by atoms with Crippen LogP contribution < -0.4 is 4.90 Å². The van der Waals surface area contributed by atoms with Gasteiger partial charge in [-0.3, -0.25) is 0 Å². The lowest BCUT2D eigenvalue weighted by molar-refractivity contribution is 0.497. The third kappa shape index (κ3) is 3.44. The van der Waals surface area contributed by atoms with Crippen LogP contribution in [0.1, 0.15) is 25.1 Å². The molecule has 0 radical (unpaired) electrons. The van der Waals surface area contributed by atoms with Crippen LogP contribution in [0.15, 0.2) is 40.9 Å². The summed E-state index contributed by atoms with van der Waals surface area (Å²) in [5.41, 5.74) is 2.10. The molecule has 1 aliphatic rings. The van der Waals surface area contributed by atoms with Gasteiger partial charge in [0.15, 0.2) is 5.76 Å². The molecule has 4 rings (SSSR count). The molecule has 26 heavy (non-hydrogen) atoms. The highest BCUT2D eigenvalue weighted by molar-refractivity contribution is 7.79. The van der Waals surface area contributed by atoms with Crippen LogP contribution in [-0.4, -0.2) is 28.0 Å². The zero-order valence-electron chi connectivity index (χ0n) is 14.2. The summed E-state index contributed by atoms with van der Waals surface area (Å²) in [7, 11) is 0. The van der Waals surface area contributed by atoms with Crippen molar-refractivity contribution in [2.45, 2.75) is 25.0 Å². The number of oxazole rings is 1. The third-order valence-corrected chi connectivity index (χ3v) is 4.72. The number of rotatable bonds is 4. The maximum atomic E-state index is 13.3. The van der Waals surface area contributed by atoms with Crippen molar-refractivity contribution in [2.24, 2.45) is 0 Å². The van der Waals surface area contributed by atoms with Gasteiger partial charge in [-0.25, -0.2) is 14.4 Å². The van der Waals surface area contributed by atoms with Crippen LogP contribution in [0.25, 0.3) is 22.7 Å². The molecule has 3 heterocycles. The van der Waals surface area contributed by atoms with Crippen LogP contribution in [-0.2, 0) is 5.75 Å². The van der Waals surface area contributed by atoms with Gasteiger partial charge < -0.3 is 9.32 Å². The van der Waals surface area contributed by atoms with Crippen LogP contribution in [0.3, 0.4) is 0 Å². The van der Waals surface area contributed by atoms with E-state index in [-0.39, 0.29) is 5.82 Å². The molecule has 0 spiro atoms. The number of hydrogen-bond donors (Lipinski definition) is 1. The Bertz CT molecular complexity index is 891. The average molecular weight is 370 g/mol. The Labute approximate surface area is 156 Å². The molecule has 0 atom stereocenters. The lowest BCUT2D eigenvalue weighted by atomic mass is 10.1. The first-order valence-corrected chi connectivity index (χ1v) is 9.33. The first-order chi connectivity index (χ1) is 12.7. The topological polar surface area (TPSA) is 55.1 Å². The second kappa shape index (κ2) is 7.45. The number of benzene rings is 1. The summed E-state index contributed by atoms with van der Waals surface area (Å²) in [5.74, 6) is 1.34. The van der Waals surface area contributed by atoms with Gasteiger partial charge in [0.2, 0.25) is 0 Å². The van der Waals surface area contributed by atoms with Gasteiger partial charge in [0.1, 0.15) is 23.0 Å². The summed E-state index contributed by atoms with van der Waals surface area (Å²) in [4.78, 5) is 15.6. The Morgan fingerprint density at radius 1 is 1.04 bits per heavy atom. The van der Waals surface area contributed by atoms with Gasteiger partial charge in [0.05, 0.1) is 5.75 Å². The molecule has 0 amide bonds. The van der Waals surface area contributed by atoms with Crippen molar-refractivity contribution < 1.29 is 8.81 Å². The Kier molecular flexibility index (Phi) is 4.88. The zero-order valence-corrected chi connectivity index (χ0v) is 15.1. The molecular weight excluding hydrogens is 351 g/mol. The third-order valence-electron chi connectivity index (χ3n) is 4.44. The first-order valence-electron chi connectivity index (χ1n) is 8.69. The summed E-state index contributed by atoms with van der Waals surface area (Å²) >= 11 is 4.24. The van der Waals surface area contributed by atoms with Gasteiger partial charge in [0.25, 0.3) is 6.01 Å². The van der Waals surface area contributed by atoms with Crippen molar-refractivity contribution in [3.8, 4) is 22.7 Å². The van der Waals surface area contributed by atoms with E-state index >= 15 is 0 Å². The molecule has 7 heteroatoms. The molecule has 0 N–H and O–H groups in total. The van der Waals surface area contributed by atoms with E-state index in [1.165, 1.54) is 18.6 Å². The van der Waals surface area contributed by atoms with Gasteiger partial charge in [0, 0.05) is 24.8 Å². The number of nitrogens with zero attached hydrogens (tertiary/aromatic N) is 4. The SMILES string of the molecule is Fc1ccc(-c2nc(N3CCCCC3)oc2-c2ccnc(CS)n2)cc1. The van der Waals surface area contributed by atoms with Gasteiger partial charge in [-0.2, -0.15) is 17.6 Å². The fourth-order valence-electron chi connectivity index (χ4n) is 3.11. The molecule has 5 nitrogen and oxygen atoms in total. The van der Waals surface area contributed by atoms with E-state index in [0.29, 0.717) is 34.7 Å². The normalized spacial score (nSPS) is 14.6. The Morgan fingerprint density at radius 2 is 1.81 bits per heavy atom. The maximum absolute atomic E-state index is 13.3. The molecule has 1 saturated heterocycles. The summed E-state index contributed by atoms with van der Waals surface area (Å²) in [5, 5.41) is 0. The number of halogens is 1.